The second kappa shape index (κ2) is 21.8. The minimum atomic E-state index is -0.670. The Morgan fingerprint density at radius 1 is 0.438 bits per heavy atom. The number of ether oxygens (including phenoxy) is 2. The smallest absolute Gasteiger partial charge is 0.490 e. The zero-order chi connectivity index (χ0) is 47.0. The zero-order valence-electron chi connectivity index (χ0n) is 42.7. The van der Waals surface area contributed by atoms with Gasteiger partial charge < -0.3 is 28.1 Å². The first-order chi connectivity index (χ1) is 30.1. The summed E-state index contributed by atoms with van der Waals surface area (Å²) in [5.74, 6) is 16.2. The maximum absolute atomic E-state index is 6.75. The lowest BCUT2D eigenvalue weighted by Crippen LogP contribution is -2.42. The second-order valence-electron chi connectivity index (χ2n) is 20.6. The molecule has 64 heavy (non-hydrogen) atoms. The molecule has 0 spiro atoms. The summed E-state index contributed by atoms with van der Waals surface area (Å²) in [6, 6.07) is 12.8. The summed E-state index contributed by atoms with van der Waals surface area (Å²) in [5, 5.41) is 0. The topological polar surface area (TPSA) is 55.4 Å². The van der Waals surface area contributed by atoms with Crippen LogP contribution in [0.3, 0.4) is 0 Å². The standard InChI is InChI=1S/C56H80B2O6/c1-17-21-25-45(26-22-18-2)59-47-33-39(5)49(40(6)34-47)31-29-43-37-52(58-63-55(13,14)56(15,16)64-58)44(38-51(43)57-61-53(9,10)54(11,12)62-57)30-32-50-41(7)35-48(36-42(50)8)60-46(27-23-19-3)28-24-20-4/h33-38,45-46H,17-28H2,1-16H3. The largest absolute Gasteiger partial charge is 0.496 e. The molecule has 3 aromatic rings. The zero-order valence-corrected chi connectivity index (χ0v) is 42.7. The van der Waals surface area contributed by atoms with E-state index >= 15 is 0 Å². The predicted octanol–water partition coefficient (Wildman–Crippen LogP) is 12.6. The molecule has 0 unspecified atom stereocenters. The highest BCUT2D eigenvalue weighted by atomic mass is 16.7. The average Bonchev–Trinajstić information content (AvgIpc) is 3.57. The number of hydrogen-bond donors (Lipinski definition) is 0. The molecular formula is C56H80B2O6. The minimum absolute atomic E-state index is 0.220. The highest BCUT2D eigenvalue weighted by Gasteiger charge is 2.54. The van der Waals surface area contributed by atoms with Crippen LogP contribution >= 0.6 is 0 Å². The third kappa shape index (κ3) is 12.4. The number of aryl methyl sites for hydroxylation is 4. The maximum Gasteiger partial charge on any atom is 0.496 e. The van der Waals surface area contributed by atoms with Gasteiger partial charge in [0.1, 0.15) is 11.5 Å². The van der Waals surface area contributed by atoms with E-state index in [0.29, 0.717) is 0 Å². The molecule has 2 saturated heterocycles. The molecule has 0 bridgehead atoms. The van der Waals surface area contributed by atoms with Crippen molar-refractivity contribution in [2.45, 2.75) is 222 Å². The molecule has 0 N–H and O–H groups in total. The third-order valence-electron chi connectivity index (χ3n) is 14.0. The highest BCUT2D eigenvalue weighted by molar-refractivity contribution is 6.65. The third-order valence-corrected chi connectivity index (χ3v) is 14.0. The van der Waals surface area contributed by atoms with Gasteiger partial charge in [0.05, 0.1) is 34.6 Å². The molecule has 0 amide bonds. The van der Waals surface area contributed by atoms with Crippen molar-refractivity contribution in [3.05, 3.63) is 80.9 Å². The number of benzene rings is 3. The summed E-state index contributed by atoms with van der Waals surface area (Å²) in [4.78, 5) is 0. The van der Waals surface area contributed by atoms with Crippen LogP contribution in [-0.2, 0) is 18.6 Å². The number of unbranched alkanes of at least 4 members (excludes halogenated alkanes) is 4. The molecule has 2 heterocycles. The van der Waals surface area contributed by atoms with Gasteiger partial charge in [0, 0.05) is 22.3 Å². The first-order valence-corrected chi connectivity index (χ1v) is 24.6. The van der Waals surface area contributed by atoms with Crippen molar-refractivity contribution in [2.75, 3.05) is 0 Å². The molecule has 346 valence electrons. The van der Waals surface area contributed by atoms with Crippen molar-refractivity contribution < 1.29 is 28.1 Å². The van der Waals surface area contributed by atoms with E-state index in [2.05, 4.69) is 171 Å². The molecule has 5 rings (SSSR count). The molecule has 8 heteroatoms. The molecule has 6 nitrogen and oxygen atoms in total. The van der Waals surface area contributed by atoms with Crippen LogP contribution in [0, 0.1) is 51.4 Å². The minimum Gasteiger partial charge on any atom is -0.490 e. The molecule has 0 radical (unpaired) electrons. The van der Waals surface area contributed by atoms with E-state index in [0.717, 1.165) is 118 Å². The van der Waals surface area contributed by atoms with Crippen LogP contribution in [0.15, 0.2) is 36.4 Å². The first-order valence-electron chi connectivity index (χ1n) is 24.6. The van der Waals surface area contributed by atoms with Crippen molar-refractivity contribution in [1.29, 1.82) is 0 Å². The lowest BCUT2D eigenvalue weighted by atomic mass is 9.68. The van der Waals surface area contributed by atoms with Gasteiger partial charge in [-0.25, -0.2) is 0 Å². The normalized spacial score (nSPS) is 17.1. The highest BCUT2D eigenvalue weighted by Crippen LogP contribution is 2.39. The van der Waals surface area contributed by atoms with E-state index in [1.165, 1.54) is 25.7 Å². The van der Waals surface area contributed by atoms with E-state index < -0.39 is 36.6 Å². The van der Waals surface area contributed by atoms with Crippen molar-refractivity contribution in [3.63, 3.8) is 0 Å². The summed E-state index contributed by atoms with van der Waals surface area (Å²) >= 11 is 0. The van der Waals surface area contributed by atoms with Gasteiger partial charge >= 0.3 is 14.2 Å². The Morgan fingerprint density at radius 2 is 0.703 bits per heavy atom. The van der Waals surface area contributed by atoms with Gasteiger partial charge in [0.15, 0.2) is 0 Å². The van der Waals surface area contributed by atoms with Crippen molar-refractivity contribution in [1.82, 2.24) is 0 Å². The summed E-state index contributed by atoms with van der Waals surface area (Å²) < 4.78 is 40.3. The van der Waals surface area contributed by atoms with Crippen LogP contribution in [0.5, 0.6) is 11.5 Å². The van der Waals surface area contributed by atoms with Crippen molar-refractivity contribution in [2.24, 2.45) is 0 Å². The average molecular weight is 871 g/mol. The first kappa shape index (κ1) is 51.3. The lowest BCUT2D eigenvalue weighted by Gasteiger charge is -2.32. The summed E-state index contributed by atoms with van der Waals surface area (Å²) in [5.41, 5.74) is 7.26. The fourth-order valence-electron chi connectivity index (χ4n) is 8.45. The molecule has 0 saturated carbocycles. The summed E-state index contributed by atoms with van der Waals surface area (Å²) in [6.45, 7) is 34.1. The predicted molar refractivity (Wildman–Crippen MR) is 269 cm³/mol. The van der Waals surface area contributed by atoms with Gasteiger partial charge in [-0.1, -0.05) is 103 Å². The van der Waals surface area contributed by atoms with Crippen LogP contribution in [-0.4, -0.2) is 48.8 Å². The molecule has 3 aromatic carbocycles. The van der Waals surface area contributed by atoms with Crippen LogP contribution < -0.4 is 20.4 Å². The van der Waals surface area contributed by atoms with E-state index in [9.17, 15) is 0 Å². The molecular weight excluding hydrogens is 790 g/mol. The Morgan fingerprint density at radius 3 is 0.953 bits per heavy atom. The Kier molecular flexibility index (Phi) is 17.5. The molecule has 0 aromatic heterocycles. The lowest BCUT2D eigenvalue weighted by molar-refractivity contribution is 0.00578. The van der Waals surface area contributed by atoms with Crippen molar-refractivity contribution >= 4 is 25.2 Å². The van der Waals surface area contributed by atoms with Gasteiger partial charge in [-0.15, -0.1) is 0 Å². The fourth-order valence-corrected chi connectivity index (χ4v) is 8.45. The Labute approximate surface area is 390 Å². The van der Waals surface area contributed by atoms with Gasteiger partial charge in [-0.2, -0.15) is 0 Å². The van der Waals surface area contributed by atoms with E-state index in [1.54, 1.807) is 0 Å². The monoisotopic (exact) mass is 871 g/mol. The Hall–Kier alpha value is -3.65. The molecule has 0 aliphatic carbocycles. The molecule has 2 aliphatic rings. The Bertz CT molecular complexity index is 1950. The van der Waals surface area contributed by atoms with Gasteiger partial charge in [-0.3, -0.25) is 0 Å². The van der Waals surface area contributed by atoms with E-state index in [1.807, 2.05) is 0 Å². The molecule has 2 fully saturated rings. The number of hydrogen-bond acceptors (Lipinski definition) is 6. The van der Waals surface area contributed by atoms with Gasteiger partial charge in [0.25, 0.3) is 0 Å². The fraction of sp³-hybridized carbons (Fsp3) is 0.607. The van der Waals surface area contributed by atoms with Crippen molar-refractivity contribution in [3.8, 4) is 35.2 Å². The van der Waals surface area contributed by atoms with Gasteiger partial charge in [0.2, 0.25) is 0 Å². The maximum atomic E-state index is 6.75. The van der Waals surface area contributed by atoms with Crippen LogP contribution in [0.2, 0.25) is 0 Å². The van der Waals surface area contributed by atoms with E-state index in [-0.39, 0.29) is 12.2 Å². The Balaban J connectivity index is 1.63. The molecule has 0 atom stereocenters. The summed E-state index contributed by atoms with van der Waals surface area (Å²) in [6.07, 6.45) is 14.1. The second-order valence-corrected chi connectivity index (χ2v) is 20.6. The van der Waals surface area contributed by atoms with Crippen LogP contribution in [0.25, 0.3) is 0 Å². The summed E-state index contributed by atoms with van der Waals surface area (Å²) in [7, 11) is -1.34. The quantitative estimate of drug-likeness (QED) is 0.0938. The van der Waals surface area contributed by atoms with Crippen LogP contribution in [0.4, 0.5) is 0 Å². The molecule has 2 aliphatic heterocycles. The SMILES string of the molecule is CCCCC(CCCC)Oc1cc(C)c(C#Cc2cc(B3OC(C)(C)C(C)(C)O3)c(C#Cc3c(C)cc(OC(CCCC)CCCC)cc3C)cc2B2OC(C)(C)C(C)(C)O2)c(C)c1. The van der Waals surface area contributed by atoms with Crippen LogP contribution in [0.1, 0.15) is 205 Å². The van der Waals surface area contributed by atoms with E-state index in [4.69, 9.17) is 28.1 Å². The van der Waals surface area contributed by atoms with Gasteiger partial charge in [-0.05, 0) is 178 Å². The number of rotatable bonds is 18.